The summed E-state index contributed by atoms with van der Waals surface area (Å²) >= 11 is 0. The maximum Gasteiger partial charge on any atom is 0.306 e. The summed E-state index contributed by atoms with van der Waals surface area (Å²) in [6.07, 6.45) is 1.65. The number of para-hydroxylation sites is 1. The minimum atomic E-state index is -0.804. The van der Waals surface area contributed by atoms with Gasteiger partial charge in [0.15, 0.2) is 0 Å². The molecule has 1 saturated carbocycles. The fourth-order valence-electron chi connectivity index (χ4n) is 3.37. The van der Waals surface area contributed by atoms with Crippen LogP contribution in [0.3, 0.4) is 0 Å². The van der Waals surface area contributed by atoms with Crippen molar-refractivity contribution in [1.29, 1.82) is 0 Å². The van der Waals surface area contributed by atoms with E-state index in [9.17, 15) is 9.59 Å². The third-order valence-electron chi connectivity index (χ3n) is 4.78. The third-order valence-corrected chi connectivity index (χ3v) is 4.78. The average molecular weight is 353 g/mol. The number of hydrogen-bond acceptors (Lipinski definition) is 3. The molecule has 0 saturated heterocycles. The fraction of sp³-hybridized carbons (Fsp3) is 0.333. The van der Waals surface area contributed by atoms with E-state index < -0.39 is 5.97 Å². The molecule has 136 valence electrons. The number of rotatable bonds is 7. The summed E-state index contributed by atoms with van der Waals surface area (Å²) in [5.74, 6) is -0.693. The lowest BCUT2D eigenvalue weighted by molar-refractivity contribution is -0.141. The van der Waals surface area contributed by atoms with Gasteiger partial charge in [-0.15, -0.1) is 0 Å². The van der Waals surface area contributed by atoms with Crippen molar-refractivity contribution in [2.24, 2.45) is 11.8 Å². The van der Waals surface area contributed by atoms with E-state index in [1.165, 1.54) is 0 Å². The van der Waals surface area contributed by atoms with E-state index in [1.807, 2.05) is 54.6 Å². The molecule has 0 aliphatic heterocycles. The highest BCUT2D eigenvalue weighted by Crippen LogP contribution is 2.31. The first kappa shape index (κ1) is 18.0. The van der Waals surface area contributed by atoms with E-state index in [0.717, 1.165) is 16.9 Å². The zero-order valence-electron chi connectivity index (χ0n) is 14.6. The van der Waals surface area contributed by atoms with E-state index in [1.54, 1.807) is 0 Å². The molecule has 1 amide bonds. The second-order valence-electron chi connectivity index (χ2n) is 6.55. The number of carbonyl (C=O) groups excluding carboxylic acids is 1. The zero-order valence-corrected chi connectivity index (χ0v) is 14.6. The second-order valence-corrected chi connectivity index (χ2v) is 6.55. The Labute approximate surface area is 153 Å². The molecule has 2 atom stereocenters. The maximum absolute atomic E-state index is 12.2. The maximum atomic E-state index is 12.2. The van der Waals surface area contributed by atoms with E-state index in [0.29, 0.717) is 32.4 Å². The van der Waals surface area contributed by atoms with Crippen LogP contribution < -0.4 is 10.1 Å². The van der Waals surface area contributed by atoms with Gasteiger partial charge in [-0.1, -0.05) is 48.5 Å². The Kier molecular flexibility index (Phi) is 5.89. The summed E-state index contributed by atoms with van der Waals surface area (Å²) in [4.78, 5) is 23.1. The van der Waals surface area contributed by atoms with Crippen molar-refractivity contribution in [1.82, 2.24) is 5.32 Å². The molecule has 5 nitrogen and oxygen atoms in total. The minimum absolute atomic E-state index is 0.0753. The molecule has 2 aromatic carbocycles. The fourth-order valence-corrected chi connectivity index (χ4v) is 3.37. The average Bonchev–Trinajstić information content (AvgIpc) is 3.17. The summed E-state index contributed by atoms with van der Waals surface area (Å²) < 4.78 is 5.86. The molecular formula is C21H23NO4. The third kappa shape index (κ3) is 4.42. The van der Waals surface area contributed by atoms with Crippen LogP contribution in [-0.4, -0.2) is 30.1 Å². The first-order valence-electron chi connectivity index (χ1n) is 8.93. The zero-order chi connectivity index (χ0) is 18.4. The van der Waals surface area contributed by atoms with Crippen molar-refractivity contribution in [3.8, 4) is 16.9 Å². The van der Waals surface area contributed by atoms with Gasteiger partial charge < -0.3 is 15.2 Å². The number of amides is 1. The predicted octanol–water partition coefficient (Wildman–Crippen LogP) is 3.35. The molecule has 0 radical (unpaired) electrons. The number of hydrogen-bond donors (Lipinski definition) is 2. The minimum Gasteiger partial charge on any atom is -0.491 e. The number of aliphatic carboxylic acids is 1. The highest BCUT2D eigenvalue weighted by atomic mass is 16.5. The SMILES string of the molecule is O=C(O)[C@@H]1CC[C@H](C(=O)NCCOc2ccccc2-c2ccccc2)C1. The number of nitrogens with one attached hydrogen (secondary N) is 1. The molecule has 0 unspecified atom stereocenters. The van der Waals surface area contributed by atoms with Gasteiger partial charge in [-0.25, -0.2) is 0 Å². The molecule has 2 N–H and O–H groups in total. The normalized spacial score (nSPS) is 19.1. The Hall–Kier alpha value is -2.82. The number of carboxylic acid groups (broad SMARTS) is 1. The summed E-state index contributed by atoms with van der Waals surface area (Å²) in [6.45, 7) is 0.765. The number of carbonyl (C=O) groups is 2. The lowest BCUT2D eigenvalue weighted by Crippen LogP contribution is -2.33. The summed E-state index contributed by atoms with van der Waals surface area (Å²) in [5, 5.41) is 11.9. The Balaban J connectivity index is 1.49. The number of benzene rings is 2. The molecule has 0 bridgehead atoms. The Morgan fingerprint density at radius 3 is 2.42 bits per heavy atom. The lowest BCUT2D eigenvalue weighted by atomic mass is 10.0. The van der Waals surface area contributed by atoms with Crippen molar-refractivity contribution < 1.29 is 19.4 Å². The molecule has 1 aliphatic carbocycles. The van der Waals surface area contributed by atoms with Gasteiger partial charge in [0.2, 0.25) is 5.91 Å². The van der Waals surface area contributed by atoms with Crippen molar-refractivity contribution in [2.45, 2.75) is 19.3 Å². The van der Waals surface area contributed by atoms with Gasteiger partial charge in [0.05, 0.1) is 12.5 Å². The highest BCUT2D eigenvalue weighted by Gasteiger charge is 2.33. The molecule has 5 heteroatoms. The van der Waals surface area contributed by atoms with Crippen LogP contribution in [0.15, 0.2) is 54.6 Å². The lowest BCUT2D eigenvalue weighted by Gasteiger charge is -2.14. The predicted molar refractivity (Wildman–Crippen MR) is 98.8 cm³/mol. The van der Waals surface area contributed by atoms with Crippen LogP contribution >= 0.6 is 0 Å². The van der Waals surface area contributed by atoms with Gasteiger partial charge in [-0.3, -0.25) is 9.59 Å². The Morgan fingerprint density at radius 1 is 1.00 bits per heavy atom. The Bertz CT molecular complexity index is 760. The van der Waals surface area contributed by atoms with E-state index in [-0.39, 0.29) is 17.7 Å². The van der Waals surface area contributed by atoms with E-state index in [2.05, 4.69) is 5.32 Å². The van der Waals surface area contributed by atoms with Crippen LogP contribution in [0.25, 0.3) is 11.1 Å². The van der Waals surface area contributed by atoms with E-state index >= 15 is 0 Å². The van der Waals surface area contributed by atoms with Gasteiger partial charge in [0, 0.05) is 11.5 Å². The standard InChI is InChI=1S/C21H23NO4/c23-20(16-10-11-17(14-16)21(24)25)22-12-13-26-19-9-5-4-8-18(19)15-6-2-1-3-7-15/h1-9,16-17H,10-14H2,(H,22,23)(H,24,25)/t16-,17+/m0/s1. The van der Waals surface area contributed by atoms with Crippen molar-refractivity contribution in [3.05, 3.63) is 54.6 Å². The smallest absolute Gasteiger partial charge is 0.306 e. The van der Waals surface area contributed by atoms with Crippen LogP contribution in [0.1, 0.15) is 19.3 Å². The molecule has 0 heterocycles. The molecular weight excluding hydrogens is 330 g/mol. The molecule has 2 aromatic rings. The van der Waals surface area contributed by atoms with Crippen LogP contribution in [-0.2, 0) is 9.59 Å². The van der Waals surface area contributed by atoms with Gasteiger partial charge in [0.1, 0.15) is 12.4 Å². The van der Waals surface area contributed by atoms with Crippen LogP contribution in [0.2, 0.25) is 0 Å². The molecule has 26 heavy (non-hydrogen) atoms. The van der Waals surface area contributed by atoms with Crippen molar-refractivity contribution >= 4 is 11.9 Å². The Morgan fingerprint density at radius 2 is 1.69 bits per heavy atom. The van der Waals surface area contributed by atoms with Crippen LogP contribution in [0, 0.1) is 11.8 Å². The quantitative estimate of drug-likeness (QED) is 0.749. The molecule has 1 fully saturated rings. The first-order valence-corrected chi connectivity index (χ1v) is 8.93. The summed E-state index contributed by atoms with van der Waals surface area (Å²) in [6, 6.07) is 17.8. The monoisotopic (exact) mass is 353 g/mol. The first-order chi connectivity index (χ1) is 12.6. The van der Waals surface area contributed by atoms with Crippen molar-refractivity contribution in [2.75, 3.05) is 13.2 Å². The largest absolute Gasteiger partial charge is 0.491 e. The van der Waals surface area contributed by atoms with Crippen LogP contribution in [0.5, 0.6) is 5.75 Å². The van der Waals surface area contributed by atoms with Gasteiger partial charge in [-0.05, 0) is 30.9 Å². The number of ether oxygens (including phenoxy) is 1. The topological polar surface area (TPSA) is 75.6 Å². The summed E-state index contributed by atoms with van der Waals surface area (Å²) in [5.41, 5.74) is 2.09. The van der Waals surface area contributed by atoms with Gasteiger partial charge >= 0.3 is 5.97 Å². The molecule has 0 spiro atoms. The van der Waals surface area contributed by atoms with E-state index in [4.69, 9.17) is 9.84 Å². The summed E-state index contributed by atoms with van der Waals surface area (Å²) in [7, 11) is 0. The highest BCUT2D eigenvalue weighted by molar-refractivity contribution is 5.80. The van der Waals surface area contributed by atoms with Gasteiger partial charge in [-0.2, -0.15) is 0 Å². The molecule has 1 aliphatic rings. The molecule has 0 aromatic heterocycles. The van der Waals surface area contributed by atoms with Gasteiger partial charge in [0.25, 0.3) is 0 Å². The molecule has 3 rings (SSSR count). The number of carboxylic acids is 1. The second kappa shape index (κ2) is 8.52. The van der Waals surface area contributed by atoms with Crippen molar-refractivity contribution in [3.63, 3.8) is 0 Å². The van der Waals surface area contributed by atoms with Crippen LogP contribution in [0.4, 0.5) is 0 Å².